The van der Waals surface area contributed by atoms with E-state index in [1.165, 1.54) is 0 Å². The summed E-state index contributed by atoms with van der Waals surface area (Å²) in [4.78, 5) is 13.6. The van der Waals surface area contributed by atoms with E-state index in [9.17, 15) is 15.2 Å². The first-order valence-electron chi connectivity index (χ1n) is 7.05. The molecule has 112 valence electrons. The first-order chi connectivity index (χ1) is 9.87. The van der Waals surface area contributed by atoms with Crippen LogP contribution in [0.4, 0.5) is 5.69 Å². The van der Waals surface area contributed by atoms with E-state index < -0.39 is 11.4 Å². The van der Waals surface area contributed by atoms with Crippen molar-refractivity contribution in [3.63, 3.8) is 0 Å². The molecule has 1 N–H and O–H groups in total. The van der Waals surface area contributed by atoms with Gasteiger partial charge in [0.2, 0.25) is 0 Å². The van der Waals surface area contributed by atoms with Crippen LogP contribution in [0.5, 0.6) is 0 Å². The Morgan fingerprint density at radius 1 is 1.52 bits per heavy atom. The molecular formula is C16H19BrN2O2. The van der Waals surface area contributed by atoms with Crippen LogP contribution in [-0.2, 0) is 4.79 Å². The molecule has 0 aromatic heterocycles. The van der Waals surface area contributed by atoms with Gasteiger partial charge in [0, 0.05) is 17.6 Å². The summed E-state index contributed by atoms with van der Waals surface area (Å²) in [5, 5.41) is 18.8. The van der Waals surface area contributed by atoms with E-state index in [-0.39, 0.29) is 5.92 Å². The molecule has 1 aromatic carbocycles. The molecule has 1 aromatic rings. The number of benzene rings is 1. The van der Waals surface area contributed by atoms with Crippen LogP contribution in [0.3, 0.4) is 0 Å². The van der Waals surface area contributed by atoms with E-state index in [4.69, 9.17) is 0 Å². The number of carbonyl (C=O) groups is 1. The Kier molecular flexibility index (Phi) is 4.58. The Balaban J connectivity index is 2.29. The molecule has 21 heavy (non-hydrogen) atoms. The summed E-state index contributed by atoms with van der Waals surface area (Å²) in [6.07, 6.45) is 1.85. The van der Waals surface area contributed by atoms with Crippen molar-refractivity contribution in [1.82, 2.24) is 0 Å². The predicted octanol–water partition coefficient (Wildman–Crippen LogP) is 3.65. The van der Waals surface area contributed by atoms with Crippen LogP contribution in [-0.4, -0.2) is 24.2 Å². The average Bonchev–Trinajstić information content (AvgIpc) is 2.47. The van der Waals surface area contributed by atoms with E-state index in [0.717, 1.165) is 29.5 Å². The van der Waals surface area contributed by atoms with Gasteiger partial charge in [-0.05, 0) is 60.7 Å². The Morgan fingerprint density at radius 3 is 2.86 bits per heavy atom. The summed E-state index contributed by atoms with van der Waals surface area (Å²) in [6.45, 7) is 5.10. The summed E-state index contributed by atoms with van der Waals surface area (Å²) in [5.41, 5.74) is 0.751. The first-order valence-corrected chi connectivity index (χ1v) is 7.84. The monoisotopic (exact) mass is 350 g/mol. The lowest BCUT2D eigenvalue weighted by Gasteiger charge is -2.40. The highest BCUT2D eigenvalue weighted by Gasteiger charge is 2.39. The van der Waals surface area contributed by atoms with E-state index in [2.05, 4.69) is 26.9 Å². The number of piperidine rings is 1. The fourth-order valence-electron chi connectivity index (χ4n) is 2.85. The van der Waals surface area contributed by atoms with E-state index >= 15 is 0 Å². The lowest BCUT2D eigenvalue weighted by Crippen LogP contribution is -2.45. The number of anilines is 1. The van der Waals surface area contributed by atoms with Crippen molar-refractivity contribution in [3.8, 4) is 6.07 Å². The second kappa shape index (κ2) is 6.07. The van der Waals surface area contributed by atoms with Gasteiger partial charge in [-0.25, -0.2) is 0 Å². The minimum atomic E-state index is -0.760. The van der Waals surface area contributed by atoms with Crippen LogP contribution >= 0.6 is 15.9 Å². The fourth-order valence-corrected chi connectivity index (χ4v) is 3.29. The standard InChI is InChI=1S/C16H19BrN2O2/c1-16(2,15(20)21)11-5-4-8-19(10-11)14-7-3-6-13(17)12(14)9-18/h3,6-7,11H,4-5,8,10H2,1-2H3,(H,20,21). The molecule has 5 heteroatoms. The highest BCUT2D eigenvalue weighted by Crippen LogP contribution is 2.37. The Morgan fingerprint density at radius 2 is 2.24 bits per heavy atom. The molecule has 1 unspecified atom stereocenters. The van der Waals surface area contributed by atoms with Crippen LogP contribution in [0.1, 0.15) is 32.3 Å². The molecule has 0 aliphatic carbocycles. The molecule has 2 rings (SSSR count). The Labute approximate surface area is 133 Å². The van der Waals surface area contributed by atoms with Crippen LogP contribution in [0.15, 0.2) is 22.7 Å². The first kappa shape index (κ1) is 15.8. The molecule has 1 saturated heterocycles. The zero-order chi connectivity index (χ0) is 15.6. The number of nitriles is 1. The summed E-state index contributed by atoms with van der Waals surface area (Å²) < 4.78 is 0.780. The van der Waals surface area contributed by atoms with Crippen LogP contribution in [0.25, 0.3) is 0 Å². The molecule has 1 fully saturated rings. The normalized spacial score (nSPS) is 19.1. The van der Waals surface area contributed by atoms with Crippen molar-refractivity contribution in [1.29, 1.82) is 5.26 Å². The maximum Gasteiger partial charge on any atom is 0.309 e. The van der Waals surface area contributed by atoms with Crippen molar-refractivity contribution in [3.05, 3.63) is 28.2 Å². The van der Waals surface area contributed by atoms with Gasteiger partial charge in [0.05, 0.1) is 16.7 Å². The SMILES string of the molecule is CC(C)(C(=O)O)C1CCCN(c2cccc(Br)c2C#N)C1. The topological polar surface area (TPSA) is 64.3 Å². The summed E-state index contributed by atoms with van der Waals surface area (Å²) >= 11 is 3.41. The van der Waals surface area contributed by atoms with E-state index in [1.807, 2.05) is 18.2 Å². The molecule has 1 aliphatic rings. The number of carboxylic acid groups (broad SMARTS) is 1. The Hall–Kier alpha value is -1.54. The molecule has 1 atom stereocenters. The quantitative estimate of drug-likeness (QED) is 0.903. The number of carboxylic acids is 1. The smallest absolute Gasteiger partial charge is 0.309 e. The number of halogens is 1. The minimum Gasteiger partial charge on any atom is -0.481 e. The van der Waals surface area contributed by atoms with Gasteiger partial charge in [0.15, 0.2) is 0 Å². The largest absolute Gasteiger partial charge is 0.481 e. The lowest BCUT2D eigenvalue weighted by atomic mass is 9.74. The zero-order valence-corrected chi connectivity index (χ0v) is 13.9. The van der Waals surface area contributed by atoms with Gasteiger partial charge in [0.25, 0.3) is 0 Å². The molecule has 1 heterocycles. The van der Waals surface area contributed by atoms with Gasteiger partial charge in [-0.3, -0.25) is 4.79 Å². The molecule has 1 aliphatic heterocycles. The highest BCUT2D eigenvalue weighted by atomic mass is 79.9. The second-order valence-electron chi connectivity index (χ2n) is 6.06. The number of aliphatic carboxylic acids is 1. The van der Waals surface area contributed by atoms with Crippen molar-refractivity contribution in [2.45, 2.75) is 26.7 Å². The van der Waals surface area contributed by atoms with Gasteiger partial charge in [0.1, 0.15) is 6.07 Å². The van der Waals surface area contributed by atoms with Gasteiger partial charge in [-0.2, -0.15) is 5.26 Å². The predicted molar refractivity (Wildman–Crippen MR) is 85.2 cm³/mol. The number of hydrogen-bond donors (Lipinski definition) is 1. The van der Waals surface area contributed by atoms with Crippen LogP contribution in [0.2, 0.25) is 0 Å². The molecular weight excluding hydrogens is 332 g/mol. The number of rotatable bonds is 3. The number of nitrogens with zero attached hydrogens (tertiary/aromatic N) is 2. The molecule has 0 amide bonds. The third-order valence-electron chi connectivity index (χ3n) is 4.44. The van der Waals surface area contributed by atoms with Crippen LogP contribution in [0, 0.1) is 22.7 Å². The molecule has 4 nitrogen and oxygen atoms in total. The fraction of sp³-hybridized carbons (Fsp3) is 0.500. The molecule has 0 bridgehead atoms. The highest BCUT2D eigenvalue weighted by molar-refractivity contribution is 9.10. The van der Waals surface area contributed by atoms with Crippen molar-refractivity contribution in [2.75, 3.05) is 18.0 Å². The van der Waals surface area contributed by atoms with Crippen molar-refractivity contribution >= 4 is 27.6 Å². The molecule has 0 spiro atoms. The van der Waals surface area contributed by atoms with Gasteiger partial charge in [-0.15, -0.1) is 0 Å². The average molecular weight is 351 g/mol. The van der Waals surface area contributed by atoms with Crippen molar-refractivity contribution < 1.29 is 9.90 Å². The molecule has 0 saturated carbocycles. The Bertz CT molecular complexity index is 592. The summed E-state index contributed by atoms with van der Waals surface area (Å²) in [7, 11) is 0. The summed E-state index contributed by atoms with van der Waals surface area (Å²) in [5.74, 6) is -0.682. The van der Waals surface area contributed by atoms with Crippen molar-refractivity contribution in [2.24, 2.45) is 11.3 Å². The summed E-state index contributed by atoms with van der Waals surface area (Å²) in [6, 6.07) is 7.92. The third-order valence-corrected chi connectivity index (χ3v) is 5.10. The molecule has 0 radical (unpaired) electrons. The maximum atomic E-state index is 11.5. The van der Waals surface area contributed by atoms with E-state index in [1.54, 1.807) is 13.8 Å². The van der Waals surface area contributed by atoms with E-state index in [0.29, 0.717) is 12.1 Å². The second-order valence-corrected chi connectivity index (χ2v) is 6.91. The van der Waals surface area contributed by atoms with Crippen LogP contribution < -0.4 is 4.90 Å². The zero-order valence-electron chi connectivity index (χ0n) is 12.3. The lowest BCUT2D eigenvalue weighted by molar-refractivity contribution is -0.150. The third kappa shape index (κ3) is 3.06. The maximum absolute atomic E-state index is 11.5. The number of hydrogen-bond acceptors (Lipinski definition) is 3. The van der Waals surface area contributed by atoms with Gasteiger partial charge in [-0.1, -0.05) is 6.07 Å². The van der Waals surface area contributed by atoms with Gasteiger partial charge < -0.3 is 10.0 Å². The van der Waals surface area contributed by atoms with Gasteiger partial charge >= 0.3 is 5.97 Å². The minimum absolute atomic E-state index is 0.0780.